The quantitative estimate of drug-likeness (QED) is 0.801. The number of likely N-dealkylation sites (N-methyl/N-ethyl adjacent to an activating group) is 1. The summed E-state index contributed by atoms with van der Waals surface area (Å²) in [5.74, 6) is -0.176. The molecule has 0 spiro atoms. The van der Waals surface area contributed by atoms with Gasteiger partial charge in [-0.25, -0.2) is 4.39 Å². The second-order valence-electron chi connectivity index (χ2n) is 6.63. The van der Waals surface area contributed by atoms with E-state index in [0.717, 1.165) is 64.3 Å². The molecule has 1 aromatic carbocycles. The van der Waals surface area contributed by atoms with Crippen LogP contribution in [0, 0.1) is 5.82 Å². The minimum atomic E-state index is -0.176. The molecule has 0 unspecified atom stereocenters. The first-order valence-corrected chi connectivity index (χ1v) is 8.59. The van der Waals surface area contributed by atoms with E-state index in [1.807, 2.05) is 12.1 Å². The normalized spacial score (nSPS) is 26.0. The van der Waals surface area contributed by atoms with Gasteiger partial charge in [0.1, 0.15) is 5.82 Å². The lowest BCUT2D eigenvalue weighted by Crippen LogP contribution is -2.49. The van der Waals surface area contributed by atoms with Gasteiger partial charge in [-0.3, -0.25) is 4.90 Å². The van der Waals surface area contributed by atoms with E-state index in [4.69, 9.17) is 9.47 Å². The summed E-state index contributed by atoms with van der Waals surface area (Å²) >= 11 is 0. The molecule has 2 saturated heterocycles. The van der Waals surface area contributed by atoms with Crippen molar-refractivity contribution in [3.8, 4) is 0 Å². The molecular weight excluding hydrogens is 295 g/mol. The summed E-state index contributed by atoms with van der Waals surface area (Å²) in [5.41, 5.74) is 1.15. The third-order valence-corrected chi connectivity index (χ3v) is 4.72. The lowest BCUT2D eigenvalue weighted by atomic mass is 10.1. The molecule has 0 aromatic heterocycles. The van der Waals surface area contributed by atoms with Crippen LogP contribution in [0.3, 0.4) is 0 Å². The zero-order chi connectivity index (χ0) is 16.1. The van der Waals surface area contributed by atoms with Gasteiger partial charge in [0.15, 0.2) is 0 Å². The van der Waals surface area contributed by atoms with Gasteiger partial charge in [0.25, 0.3) is 0 Å². The van der Waals surface area contributed by atoms with Gasteiger partial charge in [0, 0.05) is 39.3 Å². The number of morpholine rings is 1. The molecule has 4 nitrogen and oxygen atoms in total. The maximum atomic E-state index is 12.9. The van der Waals surface area contributed by atoms with E-state index in [2.05, 4.69) is 16.8 Å². The number of hydrogen-bond acceptors (Lipinski definition) is 4. The Bertz CT molecular complexity index is 476. The van der Waals surface area contributed by atoms with Crippen LogP contribution in [0.2, 0.25) is 0 Å². The maximum absolute atomic E-state index is 12.9. The predicted molar refractivity (Wildman–Crippen MR) is 87.9 cm³/mol. The molecule has 2 fully saturated rings. The van der Waals surface area contributed by atoms with Crippen molar-refractivity contribution in [3.63, 3.8) is 0 Å². The third-order valence-electron chi connectivity index (χ3n) is 4.72. The Hall–Kier alpha value is -1.01. The Labute approximate surface area is 138 Å². The summed E-state index contributed by atoms with van der Waals surface area (Å²) in [4.78, 5) is 4.75. The molecule has 0 N–H and O–H groups in total. The molecule has 3 rings (SSSR count). The molecule has 0 amide bonds. The van der Waals surface area contributed by atoms with Gasteiger partial charge in [-0.05, 0) is 37.6 Å². The topological polar surface area (TPSA) is 24.9 Å². The predicted octanol–water partition coefficient (Wildman–Crippen LogP) is 2.14. The molecule has 2 aliphatic heterocycles. The summed E-state index contributed by atoms with van der Waals surface area (Å²) in [6, 6.07) is 6.76. The van der Waals surface area contributed by atoms with Crippen molar-refractivity contribution < 1.29 is 13.9 Å². The highest BCUT2D eigenvalue weighted by atomic mass is 19.1. The fourth-order valence-electron chi connectivity index (χ4n) is 3.35. The van der Waals surface area contributed by atoms with E-state index in [1.165, 1.54) is 12.1 Å². The van der Waals surface area contributed by atoms with E-state index in [1.54, 1.807) is 0 Å². The SMILES string of the molecule is CN(CCN1CCO[C@@H]([C@H]2CCCO2)C1)Cc1ccc(F)cc1. The van der Waals surface area contributed by atoms with E-state index >= 15 is 0 Å². The zero-order valence-electron chi connectivity index (χ0n) is 13.9. The lowest BCUT2D eigenvalue weighted by molar-refractivity contribution is -0.0948. The Morgan fingerprint density at radius 1 is 1.17 bits per heavy atom. The minimum Gasteiger partial charge on any atom is -0.375 e. The van der Waals surface area contributed by atoms with Crippen molar-refractivity contribution in [2.75, 3.05) is 46.4 Å². The van der Waals surface area contributed by atoms with Crippen LogP contribution in [0.15, 0.2) is 24.3 Å². The van der Waals surface area contributed by atoms with Crippen molar-refractivity contribution >= 4 is 0 Å². The molecule has 2 atom stereocenters. The molecule has 0 bridgehead atoms. The Kier molecular flexibility index (Phi) is 6.00. The molecule has 0 saturated carbocycles. The summed E-state index contributed by atoms with van der Waals surface area (Å²) in [7, 11) is 2.11. The smallest absolute Gasteiger partial charge is 0.123 e. The number of ether oxygens (including phenoxy) is 2. The average Bonchev–Trinajstić information content (AvgIpc) is 3.10. The maximum Gasteiger partial charge on any atom is 0.123 e. The highest BCUT2D eigenvalue weighted by Gasteiger charge is 2.30. The molecule has 0 aliphatic carbocycles. The highest BCUT2D eigenvalue weighted by molar-refractivity contribution is 5.15. The first-order chi connectivity index (χ1) is 11.2. The van der Waals surface area contributed by atoms with Crippen LogP contribution in [0.25, 0.3) is 0 Å². The number of nitrogens with zero attached hydrogens (tertiary/aromatic N) is 2. The Morgan fingerprint density at radius 3 is 2.70 bits per heavy atom. The first-order valence-electron chi connectivity index (χ1n) is 8.59. The van der Waals surface area contributed by atoms with Crippen molar-refractivity contribution in [2.24, 2.45) is 0 Å². The second-order valence-corrected chi connectivity index (χ2v) is 6.63. The molecule has 0 radical (unpaired) electrons. The molecule has 1 aromatic rings. The standard InChI is InChI=1S/C18H27FN2O2/c1-20(13-15-4-6-16(19)7-5-15)8-9-21-10-12-23-18(14-21)17-3-2-11-22-17/h4-7,17-18H,2-3,8-14H2,1H3/t17-,18-/m1/s1. The fourth-order valence-corrected chi connectivity index (χ4v) is 3.35. The summed E-state index contributed by atoms with van der Waals surface area (Å²) in [6.45, 7) is 6.51. The Balaban J connectivity index is 1.41. The van der Waals surface area contributed by atoms with E-state index in [9.17, 15) is 4.39 Å². The minimum absolute atomic E-state index is 0.176. The average molecular weight is 322 g/mol. The van der Waals surface area contributed by atoms with Gasteiger partial charge in [-0.1, -0.05) is 12.1 Å². The third kappa shape index (κ3) is 4.98. The van der Waals surface area contributed by atoms with Crippen molar-refractivity contribution in [1.29, 1.82) is 0 Å². The van der Waals surface area contributed by atoms with Crippen LogP contribution in [0.4, 0.5) is 4.39 Å². The Morgan fingerprint density at radius 2 is 1.96 bits per heavy atom. The second kappa shape index (κ2) is 8.20. The molecule has 2 aliphatic rings. The molecule has 2 heterocycles. The van der Waals surface area contributed by atoms with Crippen molar-refractivity contribution in [1.82, 2.24) is 9.80 Å². The van der Waals surface area contributed by atoms with Gasteiger partial charge < -0.3 is 14.4 Å². The number of hydrogen-bond donors (Lipinski definition) is 0. The largest absolute Gasteiger partial charge is 0.375 e. The van der Waals surface area contributed by atoms with Gasteiger partial charge in [-0.15, -0.1) is 0 Å². The monoisotopic (exact) mass is 322 g/mol. The highest BCUT2D eigenvalue weighted by Crippen LogP contribution is 2.20. The summed E-state index contributed by atoms with van der Waals surface area (Å²) < 4.78 is 24.6. The molecule has 128 valence electrons. The van der Waals surface area contributed by atoms with E-state index in [0.29, 0.717) is 0 Å². The van der Waals surface area contributed by atoms with Crippen molar-refractivity contribution in [3.05, 3.63) is 35.6 Å². The van der Waals surface area contributed by atoms with Crippen LogP contribution < -0.4 is 0 Å². The lowest BCUT2D eigenvalue weighted by Gasteiger charge is -2.36. The zero-order valence-corrected chi connectivity index (χ0v) is 13.9. The first kappa shape index (κ1) is 16.8. The van der Waals surface area contributed by atoms with Crippen LogP contribution in [-0.4, -0.2) is 68.4 Å². The number of benzene rings is 1. The molecule has 5 heteroatoms. The van der Waals surface area contributed by atoms with Gasteiger partial charge in [0.2, 0.25) is 0 Å². The van der Waals surface area contributed by atoms with E-state index < -0.39 is 0 Å². The molecule has 23 heavy (non-hydrogen) atoms. The fraction of sp³-hybridized carbons (Fsp3) is 0.667. The van der Waals surface area contributed by atoms with Gasteiger partial charge >= 0.3 is 0 Å². The van der Waals surface area contributed by atoms with Crippen LogP contribution >= 0.6 is 0 Å². The van der Waals surface area contributed by atoms with Crippen LogP contribution in [0.1, 0.15) is 18.4 Å². The van der Waals surface area contributed by atoms with Gasteiger partial charge in [0.05, 0.1) is 18.8 Å². The number of halogens is 1. The number of rotatable bonds is 6. The van der Waals surface area contributed by atoms with Gasteiger partial charge in [-0.2, -0.15) is 0 Å². The van der Waals surface area contributed by atoms with Crippen LogP contribution in [-0.2, 0) is 16.0 Å². The summed E-state index contributed by atoms with van der Waals surface area (Å²) in [6.07, 6.45) is 2.80. The molecular formula is C18H27FN2O2. The van der Waals surface area contributed by atoms with Crippen LogP contribution in [0.5, 0.6) is 0 Å². The van der Waals surface area contributed by atoms with Crippen molar-refractivity contribution in [2.45, 2.75) is 31.6 Å². The summed E-state index contributed by atoms with van der Waals surface area (Å²) in [5, 5.41) is 0. The van der Waals surface area contributed by atoms with E-state index in [-0.39, 0.29) is 18.0 Å².